The van der Waals surface area contributed by atoms with E-state index >= 15 is 0 Å². The number of rotatable bonds is 5. The SMILES string of the molecule is CN=C(NCCc1cnn(-c2ccccc2)c1)N1CCC(c2cnn(C)c2)C1. The molecule has 2 aromatic heterocycles. The highest BCUT2D eigenvalue weighted by molar-refractivity contribution is 5.80. The molecule has 146 valence electrons. The molecule has 7 nitrogen and oxygen atoms in total. The summed E-state index contributed by atoms with van der Waals surface area (Å²) in [4.78, 5) is 6.82. The Morgan fingerprint density at radius 3 is 2.79 bits per heavy atom. The summed E-state index contributed by atoms with van der Waals surface area (Å²) in [7, 11) is 3.82. The van der Waals surface area contributed by atoms with Crippen LogP contribution in [0.2, 0.25) is 0 Å². The van der Waals surface area contributed by atoms with Gasteiger partial charge in [-0.1, -0.05) is 18.2 Å². The van der Waals surface area contributed by atoms with Crippen molar-refractivity contribution >= 4 is 5.96 Å². The Morgan fingerprint density at radius 1 is 1.18 bits per heavy atom. The molecular formula is C21H27N7. The molecule has 1 aliphatic heterocycles. The van der Waals surface area contributed by atoms with Crippen LogP contribution in [0.4, 0.5) is 0 Å². The number of aromatic nitrogens is 4. The molecule has 0 saturated carbocycles. The second kappa shape index (κ2) is 8.29. The van der Waals surface area contributed by atoms with Crippen molar-refractivity contribution in [3.05, 3.63) is 66.2 Å². The Balaban J connectivity index is 1.29. The van der Waals surface area contributed by atoms with Crippen molar-refractivity contribution in [1.29, 1.82) is 0 Å². The van der Waals surface area contributed by atoms with Crippen LogP contribution in [-0.2, 0) is 13.5 Å². The van der Waals surface area contributed by atoms with Gasteiger partial charge in [-0.2, -0.15) is 10.2 Å². The van der Waals surface area contributed by atoms with Crippen molar-refractivity contribution < 1.29 is 0 Å². The molecule has 7 heteroatoms. The van der Waals surface area contributed by atoms with E-state index in [9.17, 15) is 0 Å². The topological polar surface area (TPSA) is 63.3 Å². The van der Waals surface area contributed by atoms with Crippen molar-refractivity contribution in [3.63, 3.8) is 0 Å². The molecule has 1 saturated heterocycles. The molecule has 0 radical (unpaired) electrons. The van der Waals surface area contributed by atoms with Gasteiger partial charge in [-0.05, 0) is 36.1 Å². The van der Waals surface area contributed by atoms with Gasteiger partial charge in [0, 0.05) is 52.0 Å². The fourth-order valence-electron chi connectivity index (χ4n) is 3.74. The summed E-state index contributed by atoms with van der Waals surface area (Å²) in [6.45, 7) is 2.84. The first-order valence-electron chi connectivity index (χ1n) is 9.76. The van der Waals surface area contributed by atoms with Gasteiger partial charge in [0.05, 0.1) is 18.1 Å². The molecule has 3 heterocycles. The zero-order chi connectivity index (χ0) is 19.3. The molecule has 0 aliphatic carbocycles. The molecule has 1 aliphatic rings. The number of para-hydroxylation sites is 1. The Bertz CT molecular complexity index is 925. The van der Waals surface area contributed by atoms with Crippen LogP contribution in [-0.4, -0.2) is 57.1 Å². The molecule has 28 heavy (non-hydrogen) atoms. The summed E-state index contributed by atoms with van der Waals surface area (Å²) in [6.07, 6.45) is 10.2. The van der Waals surface area contributed by atoms with Crippen LogP contribution in [0.5, 0.6) is 0 Å². The number of guanidine groups is 1. The molecular weight excluding hydrogens is 350 g/mol. The molecule has 0 bridgehead atoms. The van der Waals surface area contributed by atoms with Crippen molar-refractivity contribution in [3.8, 4) is 5.69 Å². The van der Waals surface area contributed by atoms with Crippen LogP contribution in [0.25, 0.3) is 5.69 Å². The fourth-order valence-corrected chi connectivity index (χ4v) is 3.74. The number of nitrogens with zero attached hydrogens (tertiary/aromatic N) is 6. The van der Waals surface area contributed by atoms with Gasteiger partial charge in [-0.25, -0.2) is 4.68 Å². The molecule has 1 aromatic carbocycles. The summed E-state index contributed by atoms with van der Waals surface area (Å²) in [6, 6.07) is 10.2. The third kappa shape index (κ3) is 4.08. The fraction of sp³-hybridized carbons (Fsp3) is 0.381. The van der Waals surface area contributed by atoms with Crippen LogP contribution in [0.3, 0.4) is 0 Å². The number of hydrogen-bond acceptors (Lipinski definition) is 3. The number of likely N-dealkylation sites (tertiary alicyclic amines) is 1. The van der Waals surface area contributed by atoms with Crippen LogP contribution >= 0.6 is 0 Å². The first-order chi connectivity index (χ1) is 13.7. The van der Waals surface area contributed by atoms with E-state index < -0.39 is 0 Å². The number of nitrogens with one attached hydrogen (secondary N) is 1. The predicted octanol–water partition coefficient (Wildman–Crippen LogP) is 2.21. The summed E-state index contributed by atoms with van der Waals surface area (Å²) in [5.41, 5.74) is 3.60. The van der Waals surface area contributed by atoms with E-state index in [1.54, 1.807) is 0 Å². The lowest BCUT2D eigenvalue weighted by molar-refractivity contribution is 0.486. The van der Waals surface area contributed by atoms with E-state index in [4.69, 9.17) is 0 Å². The second-order valence-corrected chi connectivity index (χ2v) is 7.23. The number of hydrogen-bond donors (Lipinski definition) is 1. The lowest BCUT2D eigenvalue weighted by Crippen LogP contribution is -2.40. The molecule has 0 spiro atoms. The Kier molecular flexibility index (Phi) is 5.41. The van der Waals surface area contributed by atoms with E-state index in [2.05, 4.69) is 49.9 Å². The van der Waals surface area contributed by atoms with Crippen LogP contribution in [0.1, 0.15) is 23.5 Å². The third-order valence-corrected chi connectivity index (χ3v) is 5.25. The number of aryl methyl sites for hydroxylation is 1. The summed E-state index contributed by atoms with van der Waals surface area (Å²) in [5.74, 6) is 1.50. The highest BCUT2D eigenvalue weighted by Crippen LogP contribution is 2.26. The molecule has 1 N–H and O–H groups in total. The van der Waals surface area contributed by atoms with Gasteiger partial charge in [-0.15, -0.1) is 0 Å². The maximum atomic E-state index is 4.48. The Hall–Kier alpha value is -3.09. The average Bonchev–Trinajstić information content (AvgIpc) is 3.47. The minimum absolute atomic E-state index is 0.524. The minimum atomic E-state index is 0.524. The van der Waals surface area contributed by atoms with Gasteiger partial charge in [0.25, 0.3) is 0 Å². The Morgan fingerprint density at radius 2 is 2.04 bits per heavy atom. The van der Waals surface area contributed by atoms with Gasteiger partial charge >= 0.3 is 0 Å². The summed E-state index contributed by atoms with van der Waals surface area (Å²) >= 11 is 0. The summed E-state index contributed by atoms with van der Waals surface area (Å²) < 4.78 is 3.80. The first kappa shape index (κ1) is 18.3. The largest absolute Gasteiger partial charge is 0.356 e. The van der Waals surface area contributed by atoms with E-state index in [0.717, 1.165) is 44.1 Å². The first-order valence-corrected chi connectivity index (χ1v) is 9.76. The van der Waals surface area contributed by atoms with Crippen molar-refractivity contribution in [1.82, 2.24) is 29.8 Å². The normalized spacial score (nSPS) is 17.3. The van der Waals surface area contributed by atoms with Crippen LogP contribution in [0, 0.1) is 0 Å². The van der Waals surface area contributed by atoms with Gasteiger partial charge < -0.3 is 10.2 Å². The van der Waals surface area contributed by atoms with E-state index in [1.807, 2.05) is 54.1 Å². The van der Waals surface area contributed by atoms with Crippen molar-refractivity contribution in [2.45, 2.75) is 18.8 Å². The zero-order valence-corrected chi connectivity index (χ0v) is 16.5. The average molecular weight is 377 g/mol. The molecule has 4 rings (SSSR count). The van der Waals surface area contributed by atoms with Gasteiger partial charge in [0.15, 0.2) is 5.96 Å². The highest BCUT2D eigenvalue weighted by Gasteiger charge is 2.26. The highest BCUT2D eigenvalue weighted by atomic mass is 15.3. The van der Waals surface area contributed by atoms with Gasteiger partial charge in [0.1, 0.15) is 0 Å². The van der Waals surface area contributed by atoms with E-state index in [-0.39, 0.29) is 0 Å². The molecule has 1 unspecified atom stereocenters. The zero-order valence-electron chi connectivity index (χ0n) is 16.5. The standard InChI is InChI=1S/C21H27N7/c1-22-21(27-11-9-18(16-27)19-13-24-26(2)15-19)23-10-8-17-12-25-28(14-17)20-6-4-3-5-7-20/h3-7,12-15,18H,8-11,16H2,1-2H3,(H,22,23). The third-order valence-electron chi connectivity index (χ3n) is 5.25. The lowest BCUT2D eigenvalue weighted by atomic mass is 10.0. The Labute approximate surface area is 165 Å². The molecule has 3 aromatic rings. The predicted molar refractivity (Wildman–Crippen MR) is 111 cm³/mol. The van der Waals surface area contributed by atoms with Crippen LogP contribution < -0.4 is 5.32 Å². The minimum Gasteiger partial charge on any atom is -0.356 e. The maximum absolute atomic E-state index is 4.48. The number of aliphatic imine (C=N–C) groups is 1. The van der Waals surface area contributed by atoms with Crippen molar-refractivity contribution in [2.24, 2.45) is 12.0 Å². The van der Waals surface area contributed by atoms with E-state index in [0.29, 0.717) is 5.92 Å². The molecule has 1 atom stereocenters. The lowest BCUT2D eigenvalue weighted by Gasteiger charge is -2.21. The molecule has 0 amide bonds. The van der Waals surface area contributed by atoms with Crippen LogP contribution in [0.15, 0.2) is 60.1 Å². The maximum Gasteiger partial charge on any atom is 0.193 e. The molecule has 1 fully saturated rings. The van der Waals surface area contributed by atoms with Gasteiger partial charge in [-0.3, -0.25) is 9.67 Å². The van der Waals surface area contributed by atoms with Gasteiger partial charge in [0.2, 0.25) is 0 Å². The van der Waals surface area contributed by atoms with Crippen molar-refractivity contribution in [2.75, 3.05) is 26.7 Å². The second-order valence-electron chi connectivity index (χ2n) is 7.23. The monoisotopic (exact) mass is 377 g/mol. The summed E-state index contributed by atoms with van der Waals surface area (Å²) in [5, 5.41) is 12.3. The smallest absolute Gasteiger partial charge is 0.193 e. The van der Waals surface area contributed by atoms with E-state index in [1.165, 1.54) is 11.1 Å². The quantitative estimate of drug-likeness (QED) is 0.547. The number of benzene rings is 1.